The quantitative estimate of drug-likeness (QED) is 0.749. The van der Waals surface area contributed by atoms with Gasteiger partial charge < -0.3 is 15.0 Å². The predicted molar refractivity (Wildman–Crippen MR) is 93.0 cm³/mol. The van der Waals surface area contributed by atoms with E-state index in [1.807, 2.05) is 0 Å². The molecule has 0 aliphatic carbocycles. The largest absolute Gasteiger partial charge is 0.494 e. The summed E-state index contributed by atoms with van der Waals surface area (Å²) in [6.07, 6.45) is 0.558. The zero-order valence-corrected chi connectivity index (χ0v) is 15.5. The van der Waals surface area contributed by atoms with Gasteiger partial charge in [0.25, 0.3) is 5.91 Å². The third kappa shape index (κ3) is 4.30. The molecule has 7 nitrogen and oxygen atoms in total. The zero-order valence-electron chi connectivity index (χ0n) is 15.5. The number of rotatable bonds is 7. The lowest BCUT2D eigenvalue weighted by atomic mass is 10.1. The maximum Gasteiger partial charge on any atom is 0.325 e. The Balaban J connectivity index is 1.83. The van der Waals surface area contributed by atoms with E-state index < -0.39 is 17.4 Å². The highest BCUT2D eigenvalue weighted by atomic mass is 19.1. The molecule has 1 aromatic carbocycles. The number of methoxy groups -OCH3 is 1. The van der Waals surface area contributed by atoms with Crippen LogP contribution in [0.15, 0.2) is 18.2 Å². The predicted octanol–water partition coefficient (Wildman–Crippen LogP) is 1.90. The van der Waals surface area contributed by atoms with E-state index in [0.29, 0.717) is 12.0 Å². The summed E-state index contributed by atoms with van der Waals surface area (Å²) in [5.41, 5.74) is -0.258. The second kappa shape index (κ2) is 7.72. The van der Waals surface area contributed by atoms with E-state index in [9.17, 15) is 18.8 Å². The molecule has 1 aliphatic heterocycles. The molecule has 0 aromatic heterocycles. The molecule has 1 heterocycles. The van der Waals surface area contributed by atoms with Gasteiger partial charge in [0.2, 0.25) is 5.91 Å². The fourth-order valence-corrected chi connectivity index (χ4v) is 2.77. The summed E-state index contributed by atoms with van der Waals surface area (Å²) in [7, 11) is 3.02. The van der Waals surface area contributed by atoms with Gasteiger partial charge in [-0.3, -0.25) is 14.5 Å². The van der Waals surface area contributed by atoms with Crippen molar-refractivity contribution in [2.45, 2.75) is 38.8 Å². The van der Waals surface area contributed by atoms with E-state index in [0.717, 1.165) is 4.90 Å². The molecule has 1 aromatic rings. The summed E-state index contributed by atoms with van der Waals surface area (Å²) in [6.45, 7) is 3.72. The Kier molecular flexibility index (Phi) is 5.84. The van der Waals surface area contributed by atoms with Gasteiger partial charge in [0.1, 0.15) is 5.54 Å². The zero-order chi connectivity index (χ0) is 19.5. The van der Waals surface area contributed by atoms with Crippen molar-refractivity contribution in [1.82, 2.24) is 15.1 Å². The number of hydrogen-bond acceptors (Lipinski definition) is 4. The lowest BCUT2D eigenvalue weighted by molar-refractivity contribution is -0.132. The molecule has 1 aliphatic rings. The molecule has 26 heavy (non-hydrogen) atoms. The number of ether oxygens (including phenoxy) is 1. The van der Waals surface area contributed by atoms with Crippen LogP contribution in [0.25, 0.3) is 0 Å². The highest BCUT2D eigenvalue weighted by molar-refractivity contribution is 6.06. The molecule has 142 valence electrons. The highest BCUT2D eigenvalue weighted by Gasteiger charge is 2.43. The first-order valence-electron chi connectivity index (χ1n) is 8.36. The summed E-state index contributed by atoms with van der Waals surface area (Å²) in [5, 5.41) is 2.60. The molecule has 4 amide bonds. The summed E-state index contributed by atoms with van der Waals surface area (Å²) in [6, 6.07) is 4.11. The first-order valence-corrected chi connectivity index (χ1v) is 8.36. The molecule has 0 radical (unpaired) electrons. The van der Waals surface area contributed by atoms with Gasteiger partial charge >= 0.3 is 6.03 Å². The summed E-state index contributed by atoms with van der Waals surface area (Å²) < 4.78 is 18.6. The number of nitrogens with one attached hydrogen (secondary N) is 1. The Morgan fingerprint density at radius 2 is 2.04 bits per heavy atom. The number of hydrogen-bond donors (Lipinski definition) is 1. The minimum absolute atomic E-state index is 0.146. The molecule has 0 bridgehead atoms. The second-order valence-electron chi connectivity index (χ2n) is 6.83. The van der Waals surface area contributed by atoms with Crippen LogP contribution in [0.3, 0.4) is 0 Å². The number of urea groups is 1. The van der Waals surface area contributed by atoms with Crippen LogP contribution in [-0.4, -0.2) is 53.9 Å². The van der Waals surface area contributed by atoms with Crippen LogP contribution in [0.1, 0.15) is 32.3 Å². The third-order valence-electron chi connectivity index (χ3n) is 4.28. The van der Waals surface area contributed by atoms with Gasteiger partial charge in [-0.15, -0.1) is 0 Å². The Morgan fingerprint density at radius 1 is 1.35 bits per heavy atom. The van der Waals surface area contributed by atoms with Crippen LogP contribution in [0.2, 0.25) is 0 Å². The number of benzene rings is 1. The van der Waals surface area contributed by atoms with Crippen LogP contribution >= 0.6 is 0 Å². The molecule has 2 rings (SSSR count). The van der Waals surface area contributed by atoms with Crippen LogP contribution in [0.4, 0.5) is 9.18 Å². The Bertz CT molecular complexity index is 720. The van der Waals surface area contributed by atoms with Crippen LogP contribution in [0, 0.1) is 5.82 Å². The molecule has 0 atom stereocenters. The number of amides is 4. The number of imide groups is 1. The van der Waals surface area contributed by atoms with Crippen molar-refractivity contribution < 1.29 is 23.5 Å². The van der Waals surface area contributed by atoms with Crippen molar-refractivity contribution in [2.24, 2.45) is 0 Å². The molecule has 0 spiro atoms. The van der Waals surface area contributed by atoms with E-state index in [-0.39, 0.29) is 37.1 Å². The Hall–Kier alpha value is -2.64. The highest BCUT2D eigenvalue weighted by Crippen LogP contribution is 2.19. The van der Waals surface area contributed by atoms with Crippen molar-refractivity contribution in [3.05, 3.63) is 29.6 Å². The lowest BCUT2D eigenvalue weighted by Gasteiger charge is -2.19. The molecule has 0 saturated carbocycles. The maximum atomic E-state index is 13.7. The van der Waals surface area contributed by atoms with E-state index in [1.54, 1.807) is 27.0 Å². The average molecular weight is 365 g/mol. The van der Waals surface area contributed by atoms with Gasteiger partial charge in [0.05, 0.1) is 7.11 Å². The van der Waals surface area contributed by atoms with Gasteiger partial charge in [0.15, 0.2) is 11.6 Å². The lowest BCUT2D eigenvalue weighted by Crippen LogP contribution is -2.40. The fraction of sp³-hybridized carbons (Fsp3) is 0.500. The van der Waals surface area contributed by atoms with Gasteiger partial charge in [-0.2, -0.15) is 0 Å². The van der Waals surface area contributed by atoms with Gasteiger partial charge in [-0.25, -0.2) is 9.18 Å². The normalized spacial score (nSPS) is 15.8. The molecule has 0 unspecified atom stereocenters. The topological polar surface area (TPSA) is 79.0 Å². The SMILES string of the molecule is COc1ccc(CN(C)C(=O)CCCN2C(=O)NC(C)(C)C2=O)cc1F. The first kappa shape index (κ1) is 19.7. The molecular formula is C18H24FN3O4. The van der Waals surface area contributed by atoms with Crippen molar-refractivity contribution in [3.63, 3.8) is 0 Å². The number of nitrogens with zero attached hydrogens (tertiary/aromatic N) is 2. The maximum absolute atomic E-state index is 13.7. The summed E-state index contributed by atoms with van der Waals surface area (Å²) in [4.78, 5) is 38.7. The second-order valence-corrected chi connectivity index (χ2v) is 6.83. The van der Waals surface area contributed by atoms with E-state index in [4.69, 9.17) is 4.74 Å². The van der Waals surface area contributed by atoms with Crippen LogP contribution in [0.5, 0.6) is 5.75 Å². The molecule has 1 fully saturated rings. The Labute approximate surface area is 152 Å². The molecular weight excluding hydrogens is 341 g/mol. The first-order chi connectivity index (χ1) is 12.2. The fourth-order valence-electron chi connectivity index (χ4n) is 2.77. The average Bonchev–Trinajstić information content (AvgIpc) is 2.76. The standard InChI is InChI=1S/C18H24FN3O4/c1-18(2)16(24)22(17(25)20-18)9-5-6-15(23)21(3)11-12-7-8-14(26-4)13(19)10-12/h7-8,10H,5-6,9,11H2,1-4H3,(H,20,25). The van der Waals surface area contributed by atoms with Crippen LogP contribution < -0.4 is 10.1 Å². The van der Waals surface area contributed by atoms with E-state index in [2.05, 4.69) is 5.32 Å². The molecule has 1 N–H and O–H groups in total. The monoisotopic (exact) mass is 365 g/mol. The van der Waals surface area contributed by atoms with Crippen molar-refractivity contribution >= 4 is 17.8 Å². The van der Waals surface area contributed by atoms with E-state index >= 15 is 0 Å². The third-order valence-corrected chi connectivity index (χ3v) is 4.28. The summed E-state index contributed by atoms with van der Waals surface area (Å²) >= 11 is 0. The van der Waals surface area contributed by atoms with Crippen molar-refractivity contribution in [3.8, 4) is 5.75 Å². The molecule has 8 heteroatoms. The van der Waals surface area contributed by atoms with Crippen molar-refractivity contribution in [2.75, 3.05) is 20.7 Å². The van der Waals surface area contributed by atoms with Crippen molar-refractivity contribution in [1.29, 1.82) is 0 Å². The summed E-state index contributed by atoms with van der Waals surface area (Å²) in [5.74, 6) is -0.768. The smallest absolute Gasteiger partial charge is 0.325 e. The van der Waals surface area contributed by atoms with Gasteiger partial charge in [-0.1, -0.05) is 6.07 Å². The van der Waals surface area contributed by atoms with Gasteiger partial charge in [0, 0.05) is 26.6 Å². The number of carbonyl (C=O) groups is 3. The number of carbonyl (C=O) groups excluding carboxylic acids is 3. The minimum atomic E-state index is -0.906. The minimum Gasteiger partial charge on any atom is -0.494 e. The van der Waals surface area contributed by atoms with Gasteiger partial charge in [-0.05, 0) is 38.0 Å². The van der Waals surface area contributed by atoms with Crippen LogP contribution in [-0.2, 0) is 16.1 Å². The molecule has 1 saturated heterocycles. The number of halogens is 1. The Morgan fingerprint density at radius 3 is 2.58 bits per heavy atom. The van der Waals surface area contributed by atoms with E-state index in [1.165, 1.54) is 24.1 Å².